The Kier molecular flexibility index (Phi) is 5.28. The van der Waals surface area contributed by atoms with E-state index >= 15 is 0 Å². The first-order valence-corrected chi connectivity index (χ1v) is 8.65. The second-order valence-electron chi connectivity index (χ2n) is 5.20. The number of likely N-dealkylation sites (tertiary alicyclic amines) is 1. The maximum absolute atomic E-state index is 12.4. The van der Waals surface area contributed by atoms with Gasteiger partial charge in [0.15, 0.2) is 5.69 Å². The molecule has 0 amide bonds. The van der Waals surface area contributed by atoms with Gasteiger partial charge in [-0.25, -0.2) is 18.1 Å². The summed E-state index contributed by atoms with van der Waals surface area (Å²) in [6, 6.07) is 4.69. The molecule has 2 rings (SSSR count). The highest BCUT2D eigenvalue weighted by Gasteiger charge is 2.26. The minimum atomic E-state index is -3.69. The van der Waals surface area contributed by atoms with Crippen LogP contribution >= 0.6 is 0 Å². The van der Waals surface area contributed by atoms with E-state index in [-0.39, 0.29) is 16.6 Å². The smallest absolute Gasteiger partial charge is 0.243 e. The van der Waals surface area contributed by atoms with Gasteiger partial charge in [-0.3, -0.25) is 0 Å². The Morgan fingerprint density at radius 2 is 2.19 bits per heavy atom. The Morgan fingerprint density at radius 1 is 1.48 bits per heavy atom. The topological polar surface area (TPSA) is 86.1 Å². The van der Waals surface area contributed by atoms with Crippen molar-refractivity contribution in [1.82, 2.24) is 14.6 Å². The summed E-state index contributed by atoms with van der Waals surface area (Å²) in [6.45, 7) is 5.00. The van der Waals surface area contributed by atoms with Crippen LogP contribution in [-0.4, -0.2) is 44.0 Å². The molecule has 1 aromatic heterocycles. The Labute approximate surface area is 125 Å². The number of rotatable bonds is 5. The van der Waals surface area contributed by atoms with Crippen LogP contribution in [0.15, 0.2) is 23.2 Å². The van der Waals surface area contributed by atoms with E-state index in [0.717, 1.165) is 38.9 Å². The fraction of sp³-hybridized carbons (Fsp3) is 0.571. The number of hydrogen-bond acceptors (Lipinski definition) is 5. The van der Waals surface area contributed by atoms with Crippen LogP contribution in [0.2, 0.25) is 0 Å². The molecule has 21 heavy (non-hydrogen) atoms. The van der Waals surface area contributed by atoms with Crippen molar-refractivity contribution in [3.63, 3.8) is 0 Å². The predicted octanol–water partition coefficient (Wildman–Crippen LogP) is 1.11. The standard InChI is InChI=1S/C14H20N4O2S/c1-2-8-18-9-5-12(6-10-18)17-21(19,20)14-4-3-7-16-13(14)11-15/h3-4,7,12,17H,2,5-6,8-10H2,1H3. The van der Waals surface area contributed by atoms with Gasteiger partial charge in [-0.05, 0) is 51.0 Å². The van der Waals surface area contributed by atoms with E-state index in [4.69, 9.17) is 5.26 Å². The number of pyridine rings is 1. The Hall–Kier alpha value is -1.49. The molecule has 0 unspecified atom stereocenters. The average Bonchev–Trinajstić information content (AvgIpc) is 2.49. The van der Waals surface area contributed by atoms with Gasteiger partial charge in [0, 0.05) is 12.2 Å². The lowest BCUT2D eigenvalue weighted by atomic mass is 10.1. The van der Waals surface area contributed by atoms with Crippen molar-refractivity contribution in [3.05, 3.63) is 24.0 Å². The summed E-state index contributed by atoms with van der Waals surface area (Å²) < 4.78 is 27.4. The second kappa shape index (κ2) is 6.98. The molecule has 1 aromatic rings. The number of aromatic nitrogens is 1. The summed E-state index contributed by atoms with van der Waals surface area (Å²) in [7, 11) is -3.69. The zero-order valence-electron chi connectivity index (χ0n) is 12.1. The van der Waals surface area contributed by atoms with Crippen molar-refractivity contribution >= 4 is 10.0 Å². The number of hydrogen-bond donors (Lipinski definition) is 1. The maximum Gasteiger partial charge on any atom is 0.243 e. The zero-order valence-corrected chi connectivity index (χ0v) is 12.9. The molecule has 0 atom stereocenters. The quantitative estimate of drug-likeness (QED) is 0.880. The molecule has 1 aliphatic rings. The highest BCUT2D eigenvalue weighted by Crippen LogP contribution is 2.16. The molecule has 7 heteroatoms. The van der Waals surface area contributed by atoms with E-state index in [2.05, 4.69) is 21.5 Å². The number of sulfonamides is 1. The molecule has 0 aliphatic carbocycles. The Balaban J connectivity index is 2.04. The molecule has 1 fully saturated rings. The molecule has 0 bridgehead atoms. The van der Waals surface area contributed by atoms with Crippen molar-refractivity contribution in [2.24, 2.45) is 0 Å². The first-order chi connectivity index (χ1) is 10.1. The monoisotopic (exact) mass is 308 g/mol. The van der Waals surface area contributed by atoms with Gasteiger partial charge in [0.1, 0.15) is 11.0 Å². The van der Waals surface area contributed by atoms with Crippen LogP contribution in [0.4, 0.5) is 0 Å². The minimum absolute atomic E-state index is 0.0384. The molecule has 0 saturated carbocycles. The molecule has 1 aliphatic heterocycles. The van der Waals surface area contributed by atoms with Crippen molar-refractivity contribution in [3.8, 4) is 6.07 Å². The molecule has 114 valence electrons. The number of nitrogens with one attached hydrogen (secondary N) is 1. The summed E-state index contributed by atoms with van der Waals surface area (Å²) in [4.78, 5) is 6.11. The highest BCUT2D eigenvalue weighted by molar-refractivity contribution is 7.89. The average molecular weight is 308 g/mol. The van der Waals surface area contributed by atoms with E-state index in [9.17, 15) is 8.42 Å². The molecule has 0 spiro atoms. The third-order valence-corrected chi connectivity index (χ3v) is 5.17. The largest absolute Gasteiger partial charge is 0.303 e. The summed E-state index contributed by atoms with van der Waals surface area (Å²) >= 11 is 0. The van der Waals surface area contributed by atoms with Gasteiger partial charge in [-0.2, -0.15) is 5.26 Å². The maximum atomic E-state index is 12.4. The van der Waals surface area contributed by atoms with Gasteiger partial charge in [0.2, 0.25) is 10.0 Å². The molecule has 0 radical (unpaired) electrons. The molecule has 1 saturated heterocycles. The fourth-order valence-electron chi connectivity index (χ4n) is 2.56. The molecular weight excluding hydrogens is 288 g/mol. The van der Waals surface area contributed by atoms with E-state index < -0.39 is 10.0 Å². The third-order valence-electron chi connectivity index (χ3n) is 3.62. The molecule has 6 nitrogen and oxygen atoms in total. The zero-order chi connectivity index (χ0) is 15.3. The van der Waals surface area contributed by atoms with Gasteiger partial charge in [-0.1, -0.05) is 6.92 Å². The van der Waals surface area contributed by atoms with Crippen LogP contribution in [0.3, 0.4) is 0 Å². The lowest BCUT2D eigenvalue weighted by Gasteiger charge is -2.31. The van der Waals surface area contributed by atoms with Gasteiger partial charge < -0.3 is 4.90 Å². The molecule has 0 aromatic carbocycles. The van der Waals surface area contributed by atoms with Gasteiger partial charge >= 0.3 is 0 Å². The molecule has 2 heterocycles. The van der Waals surface area contributed by atoms with Crippen molar-refractivity contribution in [2.75, 3.05) is 19.6 Å². The summed E-state index contributed by atoms with van der Waals surface area (Å²) in [5.41, 5.74) is -0.0616. The molecular formula is C14H20N4O2S. The Morgan fingerprint density at radius 3 is 2.81 bits per heavy atom. The van der Waals surface area contributed by atoms with E-state index in [1.165, 1.54) is 18.3 Å². The van der Waals surface area contributed by atoms with E-state index in [1.807, 2.05) is 6.07 Å². The first kappa shape index (κ1) is 15.9. The third kappa shape index (κ3) is 4.00. The summed E-state index contributed by atoms with van der Waals surface area (Å²) in [6.07, 6.45) is 4.11. The number of nitrogens with zero attached hydrogens (tertiary/aromatic N) is 3. The van der Waals surface area contributed by atoms with Crippen LogP contribution in [-0.2, 0) is 10.0 Å². The normalized spacial score (nSPS) is 17.5. The number of nitriles is 1. The summed E-state index contributed by atoms with van der Waals surface area (Å²) in [5.74, 6) is 0. The SMILES string of the molecule is CCCN1CCC(NS(=O)(=O)c2cccnc2C#N)CC1. The minimum Gasteiger partial charge on any atom is -0.303 e. The van der Waals surface area contributed by atoms with Crippen molar-refractivity contribution < 1.29 is 8.42 Å². The fourth-order valence-corrected chi connectivity index (χ4v) is 3.98. The molecule has 1 N–H and O–H groups in total. The highest BCUT2D eigenvalue weighted by atomic mass is 32.2. The second-order valence-corrected chi connectivity index (χ2v) is 6.88. The van der Waals surface area contributed by atoms with Gasteiger partial charge in [0.05, 0.1) is 0 Å². The van der Waals surface area contributed by atoms with Crippen LogP contribution in [0.25, 0.3) is 0 Å². The van der Waals surface area contributed by atoms with Crippen molar-refractivity contribution in [1.29, 1.82) is 5.26 Å². The summed E-state index contributed by atoms with van der Waals surface area (Å²) in [5, 5.41) is 8.97. The van der Waals surface area contributed by atoms with Gasteiger partial charge in [-0.15, -0.1) is 0 Å². The van der Waals surface area contributed by atoms with Gasteiger partial charge in [0.25, 0.3) is 0 Å². The first-order valence-electron chi connectivity index (χ1n) is 7.16. The predicted molar refractivity (Wildman–Crippen MR) is 79.0 cm³/mol. The van der Waals surface area contributed by atoms with Crippen LogP contribution < -0.4 is 4.72 Å². The lowest BCUT2D eigenvalue weighted by molar-refractivity contribution is 0.208. The van der Waals surface area contributed by atoms with Crippen LogP contribution in [0, 0.1) is 11.3 Å². The lowest BCUT2D eigenvalue weighted by Crippen LogP contribution is -2.44. The van der Waals surface area contributed by atoms with E-state index in [1.54, 1.807) is 0 Å². The van der Waals surface area contributed by atoms with Crippen molar-refractivity contribution in [2.45, 2.75) is 37.1 Å². The van der Waals surface area contributed by atoms with Crippen LogP contribution in [0.1, 0.15) is 31.9 Å². The van der Waals surface area contributed by atoms with Crippen LogP contribution in [0.5, 0.6) is 0 Å². The Bertz CT molecular complexity index is 616. The van der Waals surface area contributed by atoms with E-state index in [0.29, 0.717) is 0 Å². The number of piperidine rings is 1.